The molecule has 0 heterocycles. The van der Waals surface area contributed by atoms with Crippen molar-refractivity contribution in [2.45, 2.75) is 212 Å². The topological polar surface area (TPSA) is 9.23 Å². The van der Waals surface area contributed by atoms with E-state index in [0.29, 0.717) is 34.6 Å². The van der Waals surface area contributed by atoms with Crippen molar-refractivity contribution < 1.29 is 26.7 Å². The summed E-state index contributed by atoms with van der Waals surface area (Å²) < 4.78 is 81.5. The molecule has 1 nitrogen and oxygen atoms in total. The number of hydrogen-bond acceptors (Lipinski definition) is 1. The van der Waals surface area contributed by atoms with Gasteiger partial charge in [0.1, 0.15) is 6.10 Å². The number of rotatable bonds is 7. The van der Waals surface area contributed by atoms with Crippen molar-refractivity contribution in [3.63, 3.8) is 0 Å². The Bertz CT molecular complexity index is 1220. The molecule has 14 unspecified atom stereocenters. The lowest BCUT2D eigenvalue weighted by atomic mass is 9.58. The largest absolute Gasteiger partial charge is 0.368 e. The van der Waals surface area contributed by atoms with Crippen LogP contribution in [-0.2, 0) is 4.74 Å². The van der Waals surface area contributed by atoms with Gasteiger partial charge >= 0.3 is 0 Å². The van der Waals surface area contributed by atoms with Crippen molar-refractivity contribution in [2.24, 2.45) is 82.3 Å². The van der Waals surface area contributed by atoms with E-state index in [1.807, 2.05) is 0 Å². The molecular formula is C47H79F5OSi. The van der Waals surface area contributed by atoms with E-state index in [9.17, 15) is 13.2 Å². The minimum Gasteiger partial charge on any atom is -0.368 e. The fourth-order valence-electron chi connectivity index (χ4n) is 16.5. The van der Waals surface area contributed by atoms with E-state index in [1.54, 1.807) is 0 Å². The van der Waals surface area contributed by atoms with E-state index in [2.05, 4.69) is 61.6 Å². The molecule has 7 aliphatic carbocycles. The highest BCUT2D eigenvalue weighted by atomic mass is 28.3. The predicted octanol–water partition coefficient (Wildman–Crippen LogP) is 14.0. The Morgan fingerprint density at radius 2 is 1.07 bits per heavy atom. The molecule has 7 aliphatic rings. The molecule has 0 aromatic heterocycles. The first-order valence-electron chi connectivity index (χ1n) is 23.3. The molecule has 0 aromatic carbocycles. The highest BCUT2D eigenvalue weighted by Gasteiger charge is 2.64. The number of alkyl halides is 5. The molecule has 7 heteroatoms. The smallest absolute Gasteiger partial charge is 0.168 e. The van der Waals surface area contributed by atoms with E-state index >= 15 is 8.78 Å². The molecule has 0 aromatic rings. The summed E-state index contributed by atoms with van der Waals surface area (Å²) in [6.45, 7) is 22.5. The number of ether oxygens (including phenoxy) is 1. The standard InChI is InChI=1S/C47H79F5OSi/c1-25(2)33-24-36-35(37(29-14-11-10-12-15-29)43(33)53-44-41(51)39(49)38(48)40(50)42(44)52)23-27(4)46(36)54(8,9)45-26(3)22-34-31(16-13-17-32(34)45)28-18-20-30(21-19-28)47(5,6)7/h25-46H,10-24H2,1-9H3/t26?,27?,28?,30?,31-,32?,33?,34?,35?,36?,37-,38?,39?,40?,41?,42?,43?,44?,45?,46?/m1/s1. The monoisotopic (exact) mass is 783 g/mol. The SMILES string of the molecule is CC(C)C1CC2C(CC(C)C2[Si](C)(C)C2C(C)CC3C2CCC[C@@H]3C2CCC(C(C)(C)C)CC2)[C@@H](C2CCCCC2)C1OC1C(F)C(F)C(F)C(F)C1F. The van der Waals surface area contributed by atoms with Crippen LogP contribution in [0.25, 0.3) is 0 Å². The third-order valence-corrected chi connectivity index (χ3v) is 24.0. The maximum absolute atomic E-state index is 15.5. The lowest BCUT2D eigenvalue weighted by Crippen LogP contribution is -2.60. The van der Waals surface area contributed by atoms with Gasteiger partial charge in [-0.3, -0.25) is 0 Å². The normalized spacial score (nSPS) is 50.9. The zero-order valence-electron chi connectivity index (χ0n) is 35.6. The minimum absolute atomic E-state index is 0.0606. The Labute approximate surface area is 328 Å². The van der Waals surface area contributed by atoms with Crippen molar-refractivity contribution in [3.8, 4) is 0 Å². The summed E-state index contributed by atoms with van der Waals surface area (Å²) >= 11 is 0. The van der Waals surface area contributed by atoms with E-state index in [-0.39, 0.29) is 17.8 Å². The summed E-state index contributed by atoms with van der Waals surface area (Å²) in [6, 6.07) is 0. The fraction of sp³-hybridized carbons (Fsp3) is 1.00. The van der Waals surface area contributed by atoms with Crippen LogP contribution in [-0.4, -0.2) is 51.1 Å². The van der Waals surface area contributed by atoms with Gasteiger partial charge in [0, 0.05) is 0 Å². The first kappa shape index (κ1) is 42.0. The average Bonchev–Trinajstić information content (AvgIpc) is 3.67. The van der Waals surface area contributed by atoms with Crippen LogP contribution in [0.5, 0.6) is 0 Å². The molecule has 0 aliphatic heterocycles. The maximum atomic E-state index is 15.5. The summed E-state index contributed by atoms with van der Waals surface area (Å²) in [7, 11) is -1.85. The molecule has 0 spiro atoms. The van der Waals surface area contributed by atoms with Gasteiger partial charge in [0.2, 0.25) is 0 Å². The first-order valence-corrected chi connectivity index (χ1v) is 26.4. The van der Waals surface area contributed by atoms with Gasteiger partial charge in [-0.15, -0.1) is 0 Å². The molecule has 0 bridgehead atoms. The van der Waals surface area contributed by atoms with Gasteiger partial charge in [0.15, 0.2) is 30.9 Å². The van der Waals surface area contributed by atoms with Gasteiger partial charge < -0.3 is 4.74 Å². The van der Waals surface area contributed by atoms with Crippen LogP contribution in [0, 0.1) is 82.3 Å². The second-order valence-corrected chi connectivity index (χ2v) is 27.9. The first-order chi connectivity index (χ1) is 25.4. The highest BCUT2D eigenvalue weighted by Crippen LogP contribution is 2.68. The van der Waals surface area contributed by atoms with E-state index < -0.39 is 51.1 Å². The maximum Gasteiger partial charge on any atom is 0.168 e. The summed E-state index contributed by atoms with van der Waals surface area (Å²) in [5.74, 6) is 7.54. The number of halogens is 5. The Balaban J connectivity index is 1.16. The van der Waals surface area contributed by atoms with Crippen LogP contribution in [0.15, 0.2) is 0 Å². The van der Waals surface area contributed by atoms with E-state index in [4.69, 9.17) is 4.74 Å². The molecule has 7 rings (SSSR count). The van der Waals surface area contributed by atoms with Gasteiger partial charge in [-0.25, -0.2) is 22.0 Å². The van der Waals surface area contributed by atoms with Crippen LogP contribution < -0.4 is 0 Å². The van der Waals surface area contributed by atoms with Crippen molar-refractivity contribution in [3.05, 3.63) is 0 Å². The molecule has 0 radical (unpaired) electrons. The van der Waals surface area contributed by atoms with Crippen molar-refractivity contribution >= 4 is 8.07 Å². The molecule has 7 fully saturated rings. The molecule has 0 N–H and O–H groups in total. The Hall–Kier alpha value is -0.173. The van der Waals surface area contributed by atoms with Gasteiger partial charge in [-0.1, -0.05) is 107 Å². The number of fused-ring (bicyclic) bond motifs is 2. The Morgan fingerprint density at radius 1 is 0.537 bits per heavy atom. The molecular weight excluding hydrogens is 704 g/mol. The summed E-state index contributed by atoms with van der Waals surface area (Å²) in [5, 5.41) is 0. The average molecular weight is 783 g/mol. The Morgan fingerprint density at radius 3 is 1.65 bits per heavy atom. The van der Waals surface area contributed by atoms with Crippen LogP contribution in [0.4, 0.5) is 22.0 Å². The molecule has 54 heavy (non-hydrogen) atoms. The van der Waals surface area contributed by atoms with Gasteiger partial charge in [-0.05, 0) is 145 Å². The second-order valence-electron chi connectivity index (χ2n) is 22.9. The molecule has 312 valence electrons. The van der Waals surface area contributed by atoms with Crippen LogP contribution in [0.2, 0.25) is 24.2 Å². The molecule has 0 amide bonds. The lowest BCUT2D eigenvalue weighted by Gasteiger charge is -2.55. The van der Waals surface area contributed by atoms with E-state index in [1.165, 1.54) is 57.8 Å². The zero-order chi connectivity index (χ0) is 39.0. The second kappa shape index (κ2) is 16.1. The summed E-state index contributed by atoms with van der Waals surface area (Å²) in [4.78, 5) is 0. The minimum atomic E-state index is -2.79. The van der Waals surface area contributed by atoms with Crippen molar-refractivity contribution in [2.75, 3.05) is 0 Å². The zero-order valence-corrected chi connectivity index (χ0v) is 36.6. The quantitative estimate of drug-likeness (QED) is 0.185. The van der Waals surface area contributed by atoms with Gasteiger partial charge in [-0.2, -0.15) is 0 Å². The van der Waals surface area contributed by atoms with Gasteiger partial charge in [0.05, 0.1) is 14.2 Å². The Kier molecular flexibility index (Phi) is 12.5. The fourth-order valence-corrected chi connectivity index (χ4v) is 23.1. The van der Waals surface area contributed by atoms with Gasteiger partial charge in [0.25, 0.3) is 0 Å². The lowest BCUT2D eigenvalue weighted by molar-refractivity contribution is -0.210. The summed E-state index contributed by atoms with van der Waals surface area (Å²) in [6.07, 6.45) is 3.63. The molecule has 0 saturated heterocycles. The molecule has 16 atom stereocenters. The van der Waals surface area contributed by atoms with Crippen molar-refractivity contribution in [1.82, 2.24) is 0 Å². The highest BCUT2D eigenvalue weighted by molar-refractivity contribution is 6.80. The van der Waals surface area contributed by atoms with Crippen LogP contribution in [0.1, 0.15) is 145 Å². The van der Waals surface area contributed by atoms with E-state index in [0.717, 1.165) is 79.6 Å². The predicted molar refractivity (Wildman–Crippen MR) is 215 cm³/mol. The van der Waals surface area contributed by atoms with Crippen LogP contribution in [0.3, 0.4) is 0 Å². The third kappa shape index (κ3) is 7.48. The summed E-state index contributed by atoms with van der Waals surface area (Å²) in [5.41, 5.74) is 1.95. The van der Waals surface area contributed by atoms with Crippen LogP contribution >= 0.6 is 0 Å². The third-order valence-electron chi connectivity index (χ3n) is 18.5. The molecule has 7 saturated carbocycles. The number of hydrogen-bond donors (Lipinski definition) is 0. The van der Waals surface area contributed by atoms with Crippen molar-refractivity contribution in [1.29, 1.82) is 0 Å².